The Hall–Kier alpha value is -3.02. The molecule has 3 rings (SSSR count). The second-order valence-electron chi connectivity index (χ2n) is 6.96. The Morgan fingerprint density at radius 3 is 2.54 bits per heavy atom. The molecule has 1 saturated carbocycles. The minimum Gasteiger partial charge on any atom is -0.496 e. The molecule has 1 aliphatic rings. The number of carbonyl (C=O) groups excluding carboxylic acids is 2. The van der Waals surface area contributed by atoms with Crippen molar-refractivity contribution < 1.29 is 19.1 Å². The van der Waals surface area contributed by atoms with E-state index >= 15 is 0 Å². The van der Waals surface area contributed by atoms with Crippen LogP contribution in [0.4, 0.5) is 0 Å². The highest BCUT2D eigenvalue weighted by atomic mass is 16.5. The molecule has 0 aliphatic heterocycles. The van der Waals surface area contributed by atoms with Gasteiger partial charge < -0.3 is 20.1 Å². The molecule has 0 saturated heterocycles. The molecule has 0 aromatic heterocycles. The van der Waals surface area contributed by atoms with Gasteiger partial charge in [-0.1, -0.05) is 18.2 Å². The Balaban J connectivity index is 1.41. The minimum atomic E-state index is -0.125. The van der Waals surface area contributed by atoms with Gasteiger partial charge in [0.2, 0.25) is 0 Å². The van der Waals surface area contributed by atoms with Crippen LogP contribution in [-0.4, -0.2) is 38.1 Å². The van der Waals surface area contributed by atoms with Crippen LogP contribution in [0, 0.1) is 6.92 Å². The summed E-state index contributed by atoms with van der Waals surface area (Å²) in [7, 11) is 1.59. The van der Waals surface area contributed by atoms with Crippen molar-refractivity contribution in [3.05, 3.63) is 59.2 Å². The molecule has 0 bridgehead atoms. The van der Waals surface area contributed by atoms with Gasteiger partial charge in [-0.15, -0.1) is 0 Å². The van der Waals surface area contributed by atoms with Gasteiger partial charge in [0.1, 0.15) is 11.5 Å². The van der Waals surface area contributed by atoms with E-state index in [2.05, 4.69) is 10.6 Å². The first kappa shape index (κ1) is 19.7. The number of hydrogen-bond donors (Lipinski definition) is 2. The molecule has 0 radical (unpaired) electrons. The molecule has 28 heavy (non-hydrogen) atoms. The SMILES string of the molecule is COc1cc(C(=O)NCCc2ccc(OCC(=O)NC3CC3)cc2)ccc1C. The number of benzene rings is 2. The van der Waals surface area contributed by atoms with Gasteiger partial charge in [-0.3, -0.25) is 9.59 Å². The van der Waals surface area contributed by atoms with Crippen LogP contribution < -0.4 is 20.1 Å². The van der Waals surface area contributed by atoms with Gasteiger partial charge in [0.05, 0.1) is 7.11 Å². The highest BCUT2D eigenvalue weighted by Gasteiger charge is 2.23. The summed E-state index contributed by atoms with van der Waals surface area (Å²) in [6.07, 6.45) is 2.83. The summed E-state index contributed by atoms with van der Waals surface area (Å²) in [5.41, 5.74) is 2.65. The van der Waals surface area contributed by atoms with E-state index in [1.807, 2.05) is 37.3 Å². The highest BCUT2D eigenvalue weighted by Crippen LogP contribution is 2.19. The van der Waals surface area contributed by atoms with E-state index in [4.69, 9.17) is 9.47 Å². The fourth-order valence-electron chi connectivity index (χ4n) is 2.78. The zero-order valence-corrected chi connectivity index (χ0v) is 16.3. The summed E-state index contributed by atoms with van der Waals surface area (Å²) >= 11 is 0. The normalized spacial score (nSPS) is 12.9. The van der Waals surface area contributed by atoms with Gasteiger partial charge >= 0.3 is 0 Å². The third kappa shape index (κ3) is 5.74. The first-order chi connectivity index (χ1) is 13.5. The molecule has 6 heteroatoms. The van der Waals surface area contributed by atoms with Crippen LogP contribution in [0.5, 0.6) is 11.5 Å². The van der Waals surface area contributed by atoms with Crippen molar-refractivity contribution >= 4 is 11.8 Å². The molecule has 1 aliphatic carbocycles. The van der Waals surface area contributed by atoms with E-state index in [1.165, 1.54) is 0 Å². The van der Waals surface area contributed by atoms with Crippen molar-refractivity contribution in [3.8, 4) is 11.5 Å². The summed E-state index contributed by atoms with van der Waals surface area (Å²) < 4.78 is 10.8. The van der Waals surface area contributed by atoms with Gasteiger partial charge in [0.25, 0.3) is 11.8 Å². The van der Waals surface area contributed by atoms with Crippen LogP contribution in [0.1, 0.15) is 34.3 Å². The smallest absolute Gasteiger partial charge is 0.258 e. The molecule has 148 valence electrons. The lowest BCUT2D eigenvalue weighted by Gasteiger charge is -2.09. The summed E-state index contributed by atoms with van der Waals surface area (Å²) in [6.45, 7) is 2.50. The maximum atomic E-state index is 12.3. The second-order valence-corrected chi connectivity index (χ2v) is 6.96. The lowest BCUT2D eigenvalue weighted by molar-refractivity contribution is -0.123. The summed E-state index contributed by atoms with van der Waals surface area (Å²) in [5, 5.41) is 5.80. The quantitative estimate of drug-likeness (QED) is 0.699. The third-order valence-electron chi connectivity index (χ3n) is 4.61. The topological polar surface area (TPSA) is 76.7 Å². The number of hydrogen-bond acceptors (Lipinski definition) is 4. The fraction of sp³-hybridized carbons (Fsp3) is 0.364. The molecule has 1 fully saturated rings. The molecule has 0 unspecified atom stereocenters. The predicted molar refractivity (Wildman–Crippen MR) is 107 cm³/mol. The lowest BCUT2D eigenvalue weighted by Crippen LogP contribution is -2.30. The van der Waals surface area contributed by atoms with Crippen molar-refractivity contribution in [3.63, 3.8) is 0 Å². The molecule has 2 N–H and O–H groups in total. The van der Waals surface area contributed by atoms with Crippen molar-refractivity contribution in [2.75, 3.05) is 20.3 Å². The molecule has 2 aromatic rings. The molecule has 6 nitrogen and oxygen atoms in total. The standard InChI is InChI=1S/C22H26N2O4/c1-15-3-6-17(13-20(15)27-2)22(26)23-12-11-16-4-9-19(10-5-16)28-14-21(25)24-18-7-8-18/h3-6,9-10,13,18H,7-8,11-12,14H2,1-2H3,(H,23,26)(H,24,25). The molecule has 0 heterocycles. The van der Waals surface area contributed by atoms with E-state index in [1.54, 1.807) is 19.2 Å². The van der Waals surface area contributed by atoms with E-state index in [0.717, 1.165) is 24.0 Å². The Morgan fingerprint density at radius 1 is 1.11 bits per heavy atom. The van der Waals surface area contributed by atoms with Crippen molar-refractivity contribution in [1.29, 1.82) is 0 Å². The molecular formula is C22H26N2O4. The maximum Gasteiger partial charge on any atom is 0.258 e. The van der Waals surface area contributed by atoms with Crippen molar-refractivity contribution in [1.82, 2.24) is 10.6 Å². The number of carbonyl (C=O) groups is 2. The number of amides is 2. The molecule has 0 atom stereocenters. The van der Waals surface area contributed by atoms with E-state index in [0.29, 0.717) is 36.1 Å². The third-order valence-corrected chi connectivity index (χ3v) is 4.61. The molecule has 2 amide bonds. The fourth-order valence-corrected chi connectivity index (χ4v) is 2.78. The number of aryl methyl sites for hydroxylation is 1. The summed E-state index contributed by atoms with van der Waals surface area (Å²) in [5.74, 6) is 1.15. The van der Waals surface area contributed by atoms with Crippen LogP contribution >= 0.6 is 0 Å². The zero-order valence-electron chi connectivity index (χ0n) is 16.3. The first-order valence-corrected chi connectivity index (χ1v) is 9.49. The maximum absolute atomic E-state index is 12.3. The van der Waals surface area contributed by atoms with Crippen LogP contribution in [0.2, 0.25) is 0 Å². The van der Waals surface area contributed by atoms with E-state index in [-0.39, 0.29) is 18.4 Å². The monoisotopic (exact) mass is 382 g/mol. The highest BCUT2D eigenvalue weighted by molar-refractivity contribution is 5.94. The Bertz CT molecular complexity index is 829. The lowest BCUT2D eigenvalue weighted by atomic mass is 10.1. The summed E-state index contributed by atoms with van der Waals surface area (Å²) in [4.78, 5) is 23.9. The van der Waals surface area contributed by atoms with E-state index in [9.17, 15) is 9.59 Å². The molecule has 0 spiro atoms. The molecule has 2 aromatic carbocycles. The van der Waals surface area contributed by atoms with E-state index < -0.39 is 0 Å². The molecular weight excluding hydrogens is 356 g/mol. The van der Waals surface area contributed by atoms with Gasteiger partial charge in [0.15, 0.2) is 6.61 Å². The van der Waals surface area contributed by atoms with Crippen LogP contribution in [0.25, 0.3) is 0 Å². The van der Waals surface area contributed by atoms with Crippen molar-refractivity contribution in [2.45, 2.75) is 32.2 Å². The van der Waals surface area contributed by atoms with Gasteiger partial charge in [0, 0.05) is 18.2 Å². The summed E-state index contributed by atoms with van der Waals surface area (Å²) in [6, 6.07) is 13.3. The van der Waals surface area contributed by atoms with Crippen LogP contribution in [-0.2, 0) is 11.2 Å². The van der Waals surface area contributed by atoms with Crippen LogP contribution in [0.3, 0.4) is 0 Å². The minimum absolute atomic E-state index is 0.0336. The largest absolute Gasteiger partial charge is 0.496 e. The number of methoxy groups -OCH3 is 1. The second kappa shape index (κ2) is 9.26. The van der Waals surface area contributed by atoms with Crippen molar-refractivity contribution in [2.24, 2.45) is 0 Å². The first-order valence-electron chi connectivity index (χ1n) is 9.49. The Morgan fingerprint density at radius 2 is 1.86 bits per heavy atom. The average molecular weight is 382 g/mol. The van der Waals surface area contributed by atoms with Gasteiger partial charge in [-0.2, -0.15) is 0 Å². The Kier molecular flexibility index (Phi) is 6.53. The van der Waals surface area contributed by atoms with Gasteiger partial charge in [-0.05, 0) is 61.6 Å². The number of nitrogens with one attached hydrogen (secondary N) is 2. The number of ether oxygens (including phenoxy) is 2. The van der Waals surface area contributed by atoms with Crippen LogP contribution in [0.15, 0.2) is 42.5 Å². The number of rotatable bonds is 9. The predicted octanol–water partition coefficient (Wildman–Crippen LogP) is 2.63. The van der Waals surface area contributed by atoms with Gasteiger partial charge in [-0.25, -0.2) is 0 Å². The average Bonchev–Trinajstić information content (AvgIpc) is 3.51. The zero-order chi connectivity index (χ0) is 19.9. The Labute approximate surface area is 165 Å².